The van der Waals surface area contributed by atoms with Gasteiger partial charge in [-0.25, -0.2) is 8.42 Å². The molecule has 2 aromatic carbocycles. The van der Waals surface area contributed by atoms with E-state index in [4.69, 9.17) is 0 Å². The van der Waals surface area contributed by atoms with Gasteiger partial charge in [0.2, 0.25) is 15.9 Å². The predicted molar refractivity (Wildman–Crippen MR) is 106 cm³/mol. The fraction of sp³-hybridized carbons (Fsp3) is 0.350. The first kappa shape index (κ1) is 19.5. The highest BCUT2D eigenvalue weighted by atomic mass is 32.2. The Morgan fingerprint density at radius 2 is 1.62 bits per heavy atom. The third-order valence-electron chi connectivity index (χ3n) is 5.56. The lowest BCUT2D eigenvalue weighted by molar-refractivity contribution is -0.384. The zero-order valence-electron chi connectivity index (χ0n) is 15.7. The van der Waals surface area contributed by atoms with Crippen LogP contribution in [0.15, 0.2) is 53.4 Å². The quantitative estimate of drug-likeness (QED) is 0.563. The summed E-state index contributed by atoms with van der Waals surface area (Å²) in [5.41, 5.74) is 1.65. The summed E-state index contributed by atoms with van der Waals surface area (Å²) >= 11 is 0. The zero-order valence-corrected chi connectivity index (χ0v) is 16.5. The Morgan fingerprint density at radius 3 is 2.24 bits per heavy atom. The van der Waals surface area contributed by atoms with Crippen molar-refractivity contribution in [1.82, 2.24) is 9.21 Å². The van der Waals surface area contributed by atoms with Gasteiger partial charge >= 0.3 is 0 Å². The van der Waals surface area contributed by atoms with E-state index in [1.807, 2.05) is 24.3 Å². The summed E-state index contributed by atoms with van der Waals surface area (Å²) in [7, 11) is -4.01. The predicted octanol–water partition coefficient (Wildman–Crippen LogP) is 2.33. The largest absolute Gasteiger partial charge is 0.341 e. The number of likely N-dealkylation sites (tertiary alicyclic amines) is 1. The molecule has 152 valence electrons. The van der Waals surface area contributed by atoms with Crippen molar-refractivity contribution in [2.45, 2.75) is 36.7 Å². The number of nitro benzene ring substituents is 1. The van der Waals surface area contributed by atoms with E-state index < -0.39 is 21.0 Å². The van der Waals surface area contributed by atoms with Crippen molar-refractivity contribution in [1.29, 1.82) is 0 Å². The van der Waals surface area contributed by atoms with Gasteiger partial charge in [0.1, 0.15) is 6.04 Å². The number of nitro groups is 1. The second-order valence-corrected chi connectivity index (χ2v) is 9.21. The number of sulfonamides is 1. The minimum absolute atomic E-state index is 0.0540. The van der Waals surface area contributed by atoms with Crippen LogP contribution in [0.3, 0.4) is 0 Å². The van der Waals surface area contributed by atoms with Crippen LogP contribution in [0.5, 0.6) is 0 Å². The van der Waals surface area contributed by atoms with E-state index in [1.54, 1.807) is 4.90 Å². The van der Waals surface area contributed by atoms with E-state index in [9.17, 15) is 23.3 Å². The van der Waals surface area contributed by atoms with E-state index in [1.165, 1.54) is 28.6 Å². The summed E-state index contributed by atoms with van der Waals surface area (Å²) in [5, 5.41) is 10.9. The third-order valence-corrected chi connectivity index (χ3v) is 7.43. The highest BCUT2D eigenvalue weighted by Crippen LogP contribution is 2.31. The standard InChI is InChI=1S/C20H21N3O5S/c24-20(21-11-3-4-12-21)19-13-15-5-1-2-6-16(15)14-22(19)29(27,28)18-9-7-17(8-10-18)23(25)26/h1-2,5-10,19H,3-4,11-14H2/t19-/m0/s1. The van der Waals surface area contributed by atoms with Crippen LogP contribution in [0.1, 0.15) is 24.0 Å². The molecule has 2 aliphatic heterocycles. The molecule has 1 amide bonds. The third kappa shape index (κ3) is 3.63. The molecule has 1 saturated heterocycles. The van der Waals surface area contributed by atoms with Crippen molar-refractivity contribution in [2.24, 2.45) is 0 Å². The van der Waals surface area contributed by atoms with E-state index in [2.05, 4.69) is 0 Å². The number of hydrogen-bond acceptors (Lipinski definition) is 5. The van der Waals surface area contributed by atoms with E-state index in [-0.39, 0.29) is 23.0 Å². The summed E-state index contributed by atoms with van der Waals surface area (Å²) in [5.74, 6) is -0.178. The first-order valence-corrected chi connectivity index (χ1v) is 10.9. The average molecular weight is 415 g/mol. The molecule has 4 rings (SSSR count). The normalized spacial score (nSPS) is 19.7. The second-order valence-electron chi connectivity index (χ2n) is 7.32. The Hall–Kier alpha value is -2.78. The monoisotopic (exact) mass is 415 g/mol. The number of amides is 1. The zero-order chi connectivity index (χ0) is 20.6. The van der Waals surface area contributed by atoms with Crippen molar-refractivity contribution >= 4 is 21.6 Å². The van der Waals surface area contributed by atoms with Gasteiger partial charge in [0.15, 0.2) is 0 Å². The Bertz CT molecular complexity index is 1050. The molecule has 9 heteroatoms. The molecule has 1 fully saturated rings. The van der Waals surface area contributed by atoms with Gasteiger partial charge in [0, 0.05) is 31.8 Å². The van der Waals surface area contributed by atoms with Gasteiger partial charge in [-0.15, -0.1) is 0 Å². The molecule has 2 aromatic rings. The second kappa shape index (κ2) is 7.57. The lowest BCUT2D eigenvalue weighted by Crippen LogP contribution is -2.53. The smallest absolute Gasteiger partial charge is 0.269 e. The van der Waals surface area contributed by atoms with Crippen LogP contribution in [0.2, 0.25) is 0 Å². The fourth-order valence-electron chi connectivity index (χ4n) is 3.99. The molecule has 2 aliphatic rings. The molecule has 0 bridgehead atoms. The van der Waals surface area contributed by atoms with Crippen molar-refractivity contribution in [3.8, 4) is 0 Å². The molecule has 8 nitrogen and oxygen atoms in total. The number of carbonyl (C=O) groups is 1. The van der Waals surface area contributed by atoms with Gasteiger partial charge in [-0.3, -0.25) is 14.9 Å². The molecule has 2 heterocycles. The van der Waals surface area contributed by atoms with Crippen molar-refractivity contribution in [3.63, 3.8) is 0 Å². The summed E-state index contributed by atoms with van der Waals surface area (Å²) in [6.45, 7) is 1.38. The summed E-state index contributed by atoms with van der Waals surface area (Å²) in [6.07, 6.45) is 2.16. The number of nitrogens with zero attached hydrogens (tertiary/aromatic N) is 3. The van der Waals surface area contributed by atoms with Crippen LogP contribution < -0.4 is 0 Å². The molecule has 0 N–H and O–H groups in total. The van der Waals surface area contributed by atoms with Crippen LogP contribution in [0.25, 0.3) is 0 Å². The topological polar surface area (TPSA) is 101 Å². The number of rotatable bonds is 4. The molecule has 1 atom stereocenters. The average Bonchev–Trinajstić information content (AvgIpc) is 3.27. The molecule has 0 spiro atoms. The molecular weight excluding hydrogens is 394 g/mol. The number of hydrogen-bond donors (Lipinski definition) is 0. The molecule has 0 aromatic heterocycles. The maximum Gasteiger partial charge on any atom is 0.269 e. The van der Waals surface area contributed by atoms with E-state index in [0.717, 1.165) is 24.0 Å². The Morgan fingerprint density at radius 1 is 1.00 bits per heavy atom. The highest BCUT2D eigenvalue weighted by Gasteiger charge is 2.41. The molecule has 29 heavy (non-hydrogen) atoms. The number of fused-ring (bicyclic) bond motifs is 1. The number of benzene rings is 2. The maximum atomic E-state index is 13.4. The molecule has 0 unspecified atom stereocenters. The molecule has 0 aliphatic carbocycles. The van der Waals surface area contributed by atoms with Crippen molar-refractivity contribution in [2.75, 3.05) is 13.1 Å². The Kier molecular flexibility index (Phi) is 5.10. The van der Waals surface area contributed by atoms with Crippen LogP contribution >= 0.6 is 0 Å². The first-order valence-electron chi connectivity index (χ1n) is 9.50. The van der Waals surface area contributed by atoms with Crippen molar-refractivity contribution < 1.29 is 18.1 Å². The summed E-state index contributed by atoms with van der Waals surface area (Å²) in [6, 6.07) is 11.5. The Balaban J connectivity index is 1.72. The molecule has 0 radical (unpaired) electrons. The fourth-order valence-corrected chi connectivity index (χ4v) is 5.55. The summed E-state index contributed by atoms with van der Waals surface area (Å²) in [4.78, 5) is 25.2. The lowest BCUT2D eigenvalue weighted by atomic mass is 9.95. The van der Waals surface area contributed by atoms with E-state index in [0.29, 0.717) is 19.5 Å². The van der Waals surface area contributed by atoms with Gasteiger partial charge < -0.3 is 4.90 Å². The van der Waals surface area contributed by atoms with Gasteiger partial charge in [-0.05, 0) is 42.5 Å². The van der Waals surface area contributed by atoms with Crippen LogP contribution in [0, 0.1) is 10.1 Å². The summed E-state index contributed by atoms with van der Waals surface area (Å²) < 4.78 is 28.0. The van der Waals surface area contributed by atoms with Crippen molar-refractivity contribution in [3.05, 3.63) is 69.8 Å². The number of carbonyl (C=O) groups excluding carboxylic acids is 1. The lowest BCUT2D eigenvalue weighted by Gasteiger charge is -2.36. The van der Waals surface area contributed by atoms with Gasteiger partial charge in [0.25, 0.3) is 5.69 Å². The Labute approximate surface area is 168 Å². The van der Waals surface area contributed by atoms with Gasteiger partial charge in [0.05, 0.1) is 9.82 Å². The molecule has 0 saturated carbocycles. The van der Waals surface area contributed by atoms with Crippen LogP contribution in [0.4, 0.5) is 5.69 Å². The minimum Gasteiger partial charge on any atom is -0.341 e. The van der Waals surface area contributed by atoms with Gasteiger partial charge in [-0.2, -0.15) is 4.31 Å². The number of non-ortho nitro benzene ring substituents is 1. The maximum absolute atomic E-state index is 13.4. The molecular formula is C20H21N3O5S. The van der Waals surface area contributed by atoms with E-state index >= 15 is 0 Å². The highest BCUT2D eigenvalue weighted by molar-refractivity contribution is 7.89. The SMILES string of the molecule is O=C([C@@H]1Cc2ccccc2CN1S(=O)(=O)c1ccc([N+](=O)[O-])cc1)N1CCCC1. The van der Waals surface area contributed by atoms with Crippen LogP contribution in [-0.4, -0.2) is 47.6 Å². The minimum atomic E-state index is -4.01. The van der Waals surface area contributed by atoms with Crippen LogP contribution in [-0.2, 0) is 27.8 Å². The van der Waals surface area contributed by atoms with Gasteiger partial charge in [-0.1, -0.05) is 24.3 Å². The first-order chi connectivity index (χ1) is 13.9.